The number of aromatic amines is 1. The van der Waals surface area contributed by atoms with Crippen molar-refractivity contribution in [2.45, 2.75) is 13.5 Å². The van der Waals surface area contributed by atoms with Gasteiger partial charge >= 0.3 is 5.97 Å². The Balaban J connectivity index is 1.81. The summed E-state index contributed by atoms with van der Waals surface area (Å²) in [6, 6.07) is 5.87. The van der Waals surface area contributed by atoms with Gasteiger partial charge in [-0.15, -0.1) is 0 Å². The Kier molecular flexibility index (Phi) is 4.46. The van der Waals surface area contributed by atoms with Gasteiger partial charge in [-0.1, -0.05) is 0 Å². The minimum absolute atomic E-state index is 0.126. The lowest BCUT2D eigenvalue weighted by Gasteiger charge is -2.06. The van der Waals surface area contributed by atoms with Crippen molar-refractivity contribution in [2.24, 2.45) is 0 Å². The SMILES string of the molecule is Cc1nc(CNc2nccc(-c3cc(C(=O)O)ccn3)n2)cc(=O)[nH]1. The zero-order valence-corrected chi connectivity index (χ0v) is 13.2. The fraction of sp³-hybridized carbons (Fsp3) is 0.125. The van der Waals surface area contributed by atoms with Crippen LogP contribution in [0.2, 0.25) is 0 Å². The van der Waals surface area contributed by atoms with E-state index in [1.807, 2.05) is 0 Å². The maximum Gasteiger partial charge on any atom is 0.335 e. The van der Waals surface area contributed by atoms with Gasteiger partial charge in [0.05, 0.1) is 29.2 Å². The highest BCUT2D eigenvalue weighted by atomic mass is 16.4. The molecule has 0 aliphatic rings. The predicted molar refractivity (Wildman–Crippen MR) is 89.1 cm³/mol. The summed E-state index contributed by atoms with van der Waals surface area (Å²) >= 11 is 0. The highest BCUT2D eigenvalue weighted by Crippen LogP contribution is 2.16. The molecule has 3 aromatic heterocycles. The van der Waals surface area contributed by atoms with Crippen LogP contribution in [-0.4, -0.2) is 36.0 Å². The fourth-order valence-electron chi connectivity index (χ4n) is 2.19. The summed E-state index contributed by atoms with van der Waals surface area (Å²) < 4.78 is 0. The molecule has 3 aromatic rings. The third-order valence-corrected chi connectivity index (χ3v) is 3.27. The number of pyridine rings is 1. The van der Waals surface area contributed by atoms with Gasteiger partial charge in [-0.05, 0) is 25.1 Å². The quantitative estimate of drug-likeness (QED) is 0.632. The van der Waals surface area contributed by atoms with Crippen LogP contribution >= 0.6 is 0 Å². The van der Waals surface area contributed by atoms with Crippen LogP contribution in [0.4, 0.5) is 5.95 Å². The molecule has 0 aliphatic heterocycles. The first-order valence-corrected chi connectivity index (χ1v) is 7.35. The number of carboxylic acid groups (broad SMARTS) is 1. The largest absolute Gasteiger partial charge is 0.478 e. The second kappa shape index (κ2) is 6.87. The van der Waals surface area contributed by atoms with E-state index in [9.17, 15) is 9.59 Å². The Labute approximate surface area is 141 Å². The first kappa shape index (κ1) is 16.2. The van der Waals surface area contributed by atoms with Crippen molar-refractivity contribution in [1.29, 1.82) is 0 Å². The smallest absolute Gasteiger partial charge is 0.335 e. The highest BCUT2D eigenvalue weighted by molar-refractivity contribution is 5.88. The van der Waals surface area contributed by atoms with Crippen LogP contribution in [0.15, 0.2) is 41.5 Å². The molecule has 0 spiro atoms. The molecule has 25 heavy (non-hydrogen) atoms. The number of aryl methyl sites for hydroxylation is 1. The monoisotopic (exact) mass is 338 g/mol. The number of aromatic nitrogens is 5. The molecule has 0 aromatic carbocycles. The number of rotatable bonds is 5. The third-order valence-electron chi connectivity index (χ3n) is 3.27. The molecule has 3 rings (SSSR count). The van der Waals surface area contributed by atoms with Gasteiger partial charge in [0.25, 0.3) is 5.56 Å². The second-order valence-corrected chi connectivity index (χ2v) is 5.18. The number of nitrogens with zero attached hydrogens (tertiary/aromatic N) is 4. The van der Waals surface area contributed by atoms with Crippen molar-refractivity contribution < 1.29 is 9.90 Å². The molecule has 126 valence electrons. The van der Waals surface area contributed by atoms with Gasteiger partial charge in [0.15, 0.2) is 0 Å². The Bertz CT molecular complexity index is 985. The topological polar surface area (TPSA) is 134 Å². The van der Waals surface area contributed by atoms with Gasteiger partial charge in [0.2, 0.25) is 5.95 Å². The molecule has 0 atom stereocenters. The van der Waals surface area contributed by atoms with Crippen molar-refractivity contribution in [2.75, 3.05) is 5.32 Å². The number of anilines is 1. The number of nitrogens with one attached hydrogen (secondary N) is 2. The number of H-pyrrole nitrogens is 1. The molecule has 0 fully saturated rings. The average Bonchev–Trinajstić information content (AvgIpc) is 2.59. The molecule has 0 radical (unpaired) electrons. The van der Waals surface area contributed by atoms with Crippen LogP contribution < -0.4 is 10.9 Å². The number of aromatic carboxylic acids is 1. The number of hydrogen-bond donors (Lipinski definition) is 3. The lowest BCUT2D eigenvalue weighted by molar-refractivity contribution is 0.0697. The van der Waals surface area contributed by atoms with E-state index in [4.69, 9.17) is 5.11 Å². The standard InChI is InChI=1S/C16H14N6O3/c1-9-20-11(7-14(23)21-9)8-19-16-18-5-3-12(22-16)13-6-10(15(24)25)2-4-17-13/h2-7H,8H2,1H3,(H,24,25)(H,18,19,22)(H,20,21,23). The summed E-state index contributed by atoms with van der Waals surface area (Å²) in [5, 5.41) is 12.0. The molecule has 0 saturated heterocycles. The summed E-state index contributed by atoms with van der Waals surface area (Å²) in [6.07, 6.45) is 2.95. The summed E-state index contributed by atoms with van der Waals surface area (Å²) in [5.74, 6) is -0.194. The van der Waals surface area contributed by atoms with Crippen LogP contribution in [0.5, 0.6) is 0 Å². The lowest BCUT2D eigenvalue weighted by atomic mass is 10.2. The van der Waals surface area contributed by atoms with Crippen LogP contribution in [0, 0.1) is 6.92 Å². The summed E-state index contributed by atoms with van der Waals surface area (Å²) in [4.78, 5) is 41.8. The molecule has 3 N–H and O–H groups in total. The van der Waals surface area contributed by atoms with Gasteiger partial charge in [-0.2, -0.15) is 0 Å². The van der Waals surface area contributed by atoms with Crippen molar-refractivity contribution in [3.05, 3.63) is 64.1 Å². The van der Waals surface area contributed by atoms with Crippen LogP contribution in [0.1, 0.15) is 21.9 Å². The minimum atomic E-state index is -1.04. The summed E-state index contributed by atoms with van der Waals surface area (Å²) in [5.41, 5.74) is 1.36. The van der Waals surface area contributed by atoms with E-state index in [0.29, 0.717) is 28.9 Å². The zero-order chi connectivity index (χ0) is 17.8. The second-order valence-electron chi connectivity index (χ2n) is 5.18. The first-order chi connectivity index (χ1) is 12.0. The van der Waals surface area contributed by atoms with Gasteiger partial charge in [0.1, 0.15) is 5.82 Å². The molecule has 0 bridgehead atoms. The van der Waals surface area contributed by atoms with Crippen LogP contribution in [0.25, 0.3) is 11.4 Å². The van der Waals surface area contributed by atoms with E-state index in [-0.39, 0.29) is 17.7 Å². The van der Waals surface area contributed by atoms with Crippen LogP contribution in [-0.2, 0) is 6.54 Å². The third kappa shape index (κ3) is 4.02. The molecule has 9 nitrogen and oxygen atoms in total. The Morgan fingerprint density at radius 1 is 1.16 bits per heavy atom. The Morgan fingerprint density at radius 3 is 2.72 bits per heavy atom. The number of carboxylic acids is 1. The van der Waals surface area contributed by atoms with E-state index >= 15 is 0 Å². The average molecular weight is 338 g/mol. The molecule has 9 heteroatoms. The molecule has 3 heterocycles. The predicted octanol–water partition coefficient (Wildman–Crippen LogP) is 1.24. The van der Waals surface area contributed by atoms with E-state index in [1.54, 1.807) is 13.0 Å². The number of carbonyl (C=O) groups is 1. The Hall–Kier alpha value is -3.62. The van der Waals surface area contributed by atoms with Crippen molar-refractivity contribution in [3.63, 3.8) is 0 Å². The normalized spacial score (nSPS) is 10.4. The van der Waals surface area contributed by atoms with E-state index in [0.717, 1.165) is 0 Å². The molecule has 0 unspecified atom stereocenters. The first-order valence-electron chi connectivity index (χ1n) is 7.35. The molecule has 0 aliphatic carbocycles. The number of hydrogen-bond acceptors (Lipinski definition) is 7. The van der Waals surface area contributed by atoms with Gasteiger partial charge < -0.3 is 15.4 Å². The van der Waals surface area contributed by atoms with Crippen molar-refractivity contribution >= 4 is 11.9 Å². The maximum atomic E-state index is 11.4. The summed E-state index contributed by atoms with van der Waals surface area (Å²) in [7, 11) is 0. The van der Waals surface area contributed by atoms with Gasteiger partial charge in [-0.3, -0.25) is 9.78 Å². The van der Waals surface area contributed by atoms with Crippen LogP contribution in [0.3, 0.4) is 0 Å². The van der Waals surface area contributed by atoms with E-state index in [1.165, 1.54) is 30.6 Å². The minimum Gasteiger partial charge on any atom is -0.478 e. The van der Waals surface area contributed by atoms with Gasteiger partial charge in [0, 0.05) is 18.5 Å². The Morgan fingerprint density at radius 2 is 1.96 bits per heavy atom. The molecular weight excluding hydrogens is 324 g/mol. The highest BCUT2D eigenvalue weighted by Gasteiger charge is 2.08. The van der Waals surface area contributed by atoms with Crippen molar-refractivity contribution in [1.82, 2.24) is 24.9 Å². The lowest BCUT2D eigenvalue weighted by Crippen LogP contribution is -2.13. The molecule has 0 amide bonds. The molecular formula is C16H14N6O3. The zero-order valence-electron chi connectivity index (χ0n) is 13.2. The van der Waals surface area contributed by atoms with Gasteiger partial charge in [-0.25, -0.2) is 19.7 Å². The fourth-order valence-corrected chi connectivity index (χ4v) is 2.19. The molecule has 0 saturated carbocycles. The van der Waals surface area contributed by atoms with Crippen molar-refractivity contribution in [3.8, 4) is 11.4 Å². The maximum absolute atomic E-state index is 11.4. The van der Waals surface area contributed by atoms with E-state index < -0.39 is 5.97 Å². The summed E-state index contributed by atoms with van der Waals surface area (Å²) in [6.45, 7) is 1.97. The van der Waals surface area contributed by atoms with E-state index in [2.05, 4.69) is 30.2 Å².